The lowest BCUT2D eigenvalue weighted by Gasteiger charge is -2.41. The topological polar surface area (TPSA) is 57.1 Å². The number of nitrogens with zero attached hydrogens (tertiary/aromatic N) is 3. The van der Waals surface area contributed by atoms with Gasteiger partial charge in [-0.05, 0) is 30.4 Å². The van der Waals surface area contributed by atoms with Crippen molar-refractivity contribution in [2.45, 2.75) is 36.9 Å². The molecule has 3 aliphatic rings. The van der Waals surface area contributed by atoms with Crippen molar-refractivity contribution in [1.82, 2.24) is 10.2 Å². The number of nitrogens with one attached hydrogen (secondary N) is 1. The van der Waals surface area contributed by atoms with Crippen LogP contribution in [0.15, 0.2) is 34.3 Å². The van der Waals surface area contributed by atoms with Crippen molar-refractivity contribution in [2.24, 2.45) is 9.98 Å². The third-order valence-electron chi connectivity index (χ3n) is 4.85. The summed E-state index contributed by atoms with van der Waals surface area (Å²) >= 11 is 0. The lowest BCUT2D eigenvalue weighted by Crippen LogP contribution is -2.59. The molecule has 1 amide bonds. The molecular weight excluding hydrogens is 264 g/mol. The van der Waals surface area contributed by atoms with Gasteiger partial charge in [0.2, 0.25) is 0 Å². The zero-order valence-electron chi connectivity index (χ0n) is 12.0. The van der Waals surface area contributed by atoms with E-state index in [1.54, 1.807) is 24.6 Å². The van der Waals surface area contributed by atoms with Gasteiger partial charge in [-0.1, -0.05) is 24.3 Å². The van der Waals surface area contributed by atoms with Gasteiger partial charge >= 0.3 is 0 Å². The van der Waals surface area contributed by atoms with E-state index in [2.05, 4.69) is 34.6 Å². The van der Waals surface area contributed by atoms with E-state index < -0.39 is 5.66 Å². The molecule has 21 heavy (non-hydrogen) atoms. The van der Waals surface area contributed by atoms with Crippen LogP contribution in [0.1, 0.15) is 29.9 Å². The Morgan fingerprint density at radius 2 is 2.19 bits per heavy atom. The first kappa shape index (κ1) is 12.6. The van der Waals surface area contributed by atoms with Crippen LogP contribution in [0.3, 0.4) is 0 Å². The predicted octanol–water partition coefficient (Wildman–Crippen LogP) is 1.30. The van der Waals surface area contributed by atoms with Crippen LogP contribution in [0.2, 0.25) is 0 Å². The Kier molecular flexibility index (Phi) is 2.64. The molecule has 0 fully saturated rings. The van der Waals surface area contributed by atoms with E-state index >= 15 is 0 Å². The van der Waals surface area contributed by atoms with Gasteiger partial charge in [-0.25, -0.2) is 9.98 Å². The lowest BCUT2D eigenvalue weighted by molar-refractivity contribution is -0.130. The molecule has 1 aliphatic carbocycles. The zero-order valence-corrected chi connectivity index (χ0v) is 12.0. The molecule has 1 aromatic rings. The Hall–Kier alpha value is -2.17. The minimum absolute atomic E-state index is 0.0329. The minimum Gasteiger partial charge on any atom is -0.361 e. The van der Waals surface area contributed by atoms with Gasteiger partial charge in [0, 0.05) is 13.0 Å². The third kappa shape index (κ3) is 1.66. The molecule has 0 spiro atoms. The molecule has 3 atom stereocenters. The number of carbonyl (C=O) groups is 1. The second-order valence-electron chi connectivity index (χ2n) is 5.98. The standard InChI is InChI=1S/C16H18N4O/c1-20-10-19-16(14(15(20)21)17-9-18-16)13-8-4-6-11-5-2-3-7-12(11)13/h2-3,5,7,9-10,13-14H,4,6,8H2,1H3,(H,17,18). The van der Waals surface area contributed by atoms with Crippen LogP contribution in [0, 0.1) is 0 Å². The fourth-order valence-electron chi connectivity index (χ4n) is 3.79. The van der Waals surface area contributed by atoms with E-state index in [0.717, 1.165) is 19.3 Å². The number of benzene rings is 1. The number of rotatable bonds is 1. The molecule has 2 heterocycles. The molecule has 0 aromatic heterocycles. The summed E-state index contributed by atoms with van der Waals surface area (Å²) in [6.45, 7) is 0. The first-order chi connectivity index (χ1) is 10.2. The summed E-state index contributed by atoms with van der Waals surface area (Å²) in [7, 11) is 1.74. The van der Waals surface area contributed by atoms with Crippen molar-refractivity contribution in [3.8, 4) is 0 Å². The molecule has 1 aromatic carbocycles. The SMILES string of the molecule is CN1C=NC2(C3CCCc4ccccc43)N=CNC2C1=O. The highest BCUT2D eigenvalue weighted by Gasteiger charge is 2.54. The zero-order chi connectivity index (χ0) is 14.4. The first-order valence-corrected chi connectivity index (χ1v) is 7.42. The van der Waals surface area contributed by atoms with E-state index in [4.69, 9.17) is 4.99 Å². The van der Waals surface area contributed by atoms with Crippen LogP contribution in [0.25, 0.3) is 0 Å². The highest BCUT2D eigenvalue weighted by molar-refractivity contribution is 5.97. The monoisotopic (exact) mass is 282 g/mol. The van der Waals surface area contributed by atoms with Gasteiger partial charge in [0.05, 0.1) is 12.7 Å². The number of hydrogen-bond acceptors (Lipinski definition) is 4. The van der Waals surface area contributed by atoms with Crippen molar-refractivity contribution in [3.05, 3.63) is 35.4 Å². The number of aryl methyl sites for hydroxylation is 1. The molecule has 0 bridgehead atoms. The molecule has 0 radical (unpaired) electrons. The van der Waals surface area contributed by atoms with Gasteiger partial charge in [-0.3, -0.25) is 4.79 Å². The van der Waals surface area contributed by atoms with Gasteiger partial charge in [0.1, 0.15) is 0 Å². The smallest absolute Gasteiger partial charge is 0.254 e. The van der Waals surface area contributed by atoms with Crippen molar-refractivity contribution < 1.29 is 4.79 Å². The van der Waals surface area contributed by atoms with E-state index in [1.165, 1.54) is 11.1 Å². The Labute approximate surface area is 123 Å². The first-order valence-electron chi connectivity index (χ1n) is 7.42. The number of carbonyl (C=O) groups excluding carboxylic acids is 1. The van der Waals surface area contributed by atoms with Gasteiger partial charge in [0.15, 0.2) is 11.7 Å². The third-order valence-corrected chi connectivity index (χ3v) is 4.85. The second-order valence-corrected chi connectivity index (χ2v) is 5.98. The van der Waals surface area contributed by atoms with Gasteiger partial charge in [0.25, 0.3) is 5.91 Å². The Morgan fingerprint density at radius 3 is 3.10 bits per heavy atom. The van der Waals surface area contributed by atoms with Crippen LogP contribution in [0.4, 0.5) is 0 Å². The molecular formula is C16H18N4O. The van der Waals surface area contributed by atoms with Crippen molar-refractivity contribution in [3.63, 3.8) is 0 Å². The van der Waals surface area contributed by atoms with Crippen LogP contribution in [-0.2, 0) is 11.2 Å². The number of likely N-dealkylation sites (N-methyl/N-ethyl adjacent to an activating group) is 1. The Morgan fingerprint density at radius 1 is 1.33 bits per heavy atom. The summed E-state index contributed by atoms with van der Waals surface area (Å²) in [4.78, 5) is 23.3. The fraction of sp³-hybridized carbons (Fsp3) is 0.438. The van der Waals surface area contributed by atoms with Crippen molar-refractivity contribution >= 4 is 18.6 Å². The van der Waals surface area contributed by atoms with Gasteiger partial charge < -0.3 is 10.2 Å². The predicted molar refractivity (Wildman–Crippen MR) is 81.5 cm³/mol. The number of hydrogen-bond donors (Lipinski definition) is 1. The number of fused-ring (bicyclic) bond motifs is 2. The van der Waals surface area contributed by atoms with Crippen LogP contribution >= 0.6 is 0 Å². The van der Waals surface area contributed by atoms with Crippen LogP contribution in [0.5, 0.6) is 0 Å². The molecule has 1 N–H and O–H groups in total. The minimum atomic E-state index is -0.708. The van der Waals surface area contributed by atoms with Gasteiger partial charge in [-0.15, -0.1) is 0 Å². The van der Waals surface area contributed by atoms with Crippen molar-refractivity contribution in [1.29, 1.82) is 0 Å². The van der Waals surface area contributed by atoms with Crippen LogP contribution in [-0.4, -0.2) is 42.2 Å². The second kappa shape index (κ2) is 4.41. The molecule has 5 heteroatoms. The van der Waals surface area contributed by atoms with Crippen molar-refractivity contribution in [2.75, 3.05) is 7.05 Å². The fourth-order valence-corrected chi connectivity index (χ4v) is 3.79. The maximum absolute atomic E-state index is 12.5. The molecule has 2 aliphatic heterocycles. The Bertz CT molecular complexity index is 653. The van der Waals surface area contributed by atoms with Gasteiger partial charge in [-0.2, -0.15) is 0 Å². The van der Waals surface area contributed by atoms with E-state index in [1.807, 2.05) is 0 Å². The number of amides is 1. The maximum Gasteiger partial charge on any atom is 0.254 e. The molecule has 108 valence electrons. The summed E-state index contributed by atoms with van der Waals surface area (Å²) in [5, 5.41) is 3.11. The van der Waals surface area contributed by atoms with E-state index in [9.17, 15) is 4.79 Å². The quantitative estimate of drug-likeness (QED) is 0.844. The molecule has 0 saturated heterocycles. The normalized spacial score (nSPS) is 33.6. The molecule has 3 unspecified atom stereocenters. The molecule has 4 rings (SSSR count). The molecule has 5 nitrogen and oxygen atoms in total. The summed E-state index contributed by atoms with van der Waals surface area (Å²) in [6.07, 6.45) is 6.50. The summed E-state index contributed by atoms with van der Waals surface area (Å²) < 4.78 is 0. The highest BCUT2D eigenvalue weighted by atomic mass is 16.2. The summed E-state index contributed by atoms with van der Waals surface area (Å²) in [5.41, 5.74) is 1.95. The Balaban J connectivity index is 1.84. The van der Waals surface area contributed by atoms with E-state index in [0.29, 0.717) is 0 Å². The maximum atomic E-state index is 12.5. The largest absolute Gasteiger partial charge is 0.361 e. The summed E-state index contributed by atoms with van der Waals surface area (Å²) in [5.74, 6) is 0.193. The number of aliphatic imine (C=N–C) groups is 2. The highest BCUT2D eigenvalue weighted by Crippen LogP contribution is 2.45. The van der Waals surface area contributed by atoms with E-state index in [-0.39, 0.29) is 17.9 Å². The lowest BCUT2D eigenvalue weighted by atomic mass is 9.73. The average molecular weight is 282 g/mol. The molecule has 0 saturated carbocycles. The summed E-state index contributed by atoms with van der Waals surface area (Å²) in [6, 6.07) is 8.10. The average Bonchev–Trinajstić information content (AvgIpc) is 2.96. The van der Waals surface area contributed by atoms with Crippen LogP contribution < -0.4 is 5.32 Å².